The number of furan rings is 1. The van der Waals surface area contributed by atoms with Crippen molar-refractivity contribution in [1.29, 1.82) is 0 Å². The molecule has 1 aromatic heterocycles. The number of benzene rings is 1. The average Bonchev–Trinajstić information content (AvgIpc) is 2.96. The SMILES string of the molecule is C[C@H]1CCCN(C(=O)c2ccc(-c3ccccc3Cl)o2)C1. The summed E-state index contributed by atoms with van der Waals surface area (Å²) in [7, 11) is 0. The fraction of sp³-hybridized carbons (Fsp3) is 0.353. The van der Waals surface area contributed by atoms with Gasteiger partial charge in [0.25, 0.3) is 5.91 Å². The van der Waals surface area contributed by atoms with Crippen LogP contribution in [-0.2, 0) is 0 Å². The molecule has 0 N–H and O–H groups in total. The molecule has 2 aromatic rings. The summed E-state index contributed by atoms with van der Waals surface area (Å²) in [5.74, 6) is 1.55. The summed E-state index contributed by atoms with van der Waals surface area (Å²) in [6.07, 6.45) is 2.25. The number of amides is 1. The Bertz CT molecular complexity index is 650. The fourth-order valence-electron chi connectivity index (χ4n) is 2.79. The van der Waals surface area contributed by atoms with Crippen LogP contribution in [-0.4, -0.2) is 23.9 Å². The Kier molecular flexibility index (Phi) is 4.02. The van der Waals surface area contributed by atoms with Crippen LogP contribution in [0.2, 0.25) is 5.02 Å². The zero-order chi connectivity index (χ0) is 14.8. The molecule has 1 atom stereocenters. The molecule has 2 heterocycles. The van der Waals surface area contributed by atoms with Crippen LogP contribution in [0.15, 0.2) is 40.8 Å². The standard InChI is InChI=1S/C17H18ClNO2/c1-12-5-4-10-19(11-12)17(20)16-9-8-15(21-16)13-6-2-3-7-14(13)18/h2-3,6-9,12H,4-5,10-11H2,1H3/t12-/m0/s1. The number of halogens is 1. The Morgan fingerprint density at radius 1 is 1.29 bits per heavy atom. The molecule has 1 amide bonds. The molecular weight excluding hydrogens is 286 g/mol. The summed E-state index contributed by atoms with van der Waals surface area (Å²) in [5, 5.41) is 0.623. The minimum atomic E-state index is -0.0279. The van der Waals surface area contributed by atoms with E-state index in [-0.39, 0.29) is 5.91 Å². The molecule has 1 aliphatic heterocycles. The predicted molar refractivity (Wildman–Crippen MR) is 83.5 cm³/mol. The topological polar surface area (TPSA) is 33.5 Å². The summed E-state index contributed by atoms with van der Waals surface area (Å²) in [6, 6.07) is 11.0. The first-order valence-electron chi connectivity index (χ1n) is 7.29. The van der Waals surface area contributed by atoms with E-state index in [1.54, 1.807) is 6.07 Å². The molecule has 1 aliphatic rings. The first-order chi connectivity index (χ1) is 10.1. The van der Waals surface area contributed by atoms with Gasteiger partial charge in [0.2, 0.25) is 0 Å². The van der Waals surface area contributed by atoms with Gasteiger partial charge in [-0.3, -0.25) is 4.79 Å². The van der Waals surface area contributed by atoms with Gasteiger partial charge in [-0.2, -0.15) is 0 Å². The monoisotopic (exact) mass is 303 g/mol. The van der Waals surface area contributed by atoms with E-state index >= 15 is 0 Å². The van der Waals surface area contributed by atoms with E-state index in [0.717, 1.165) is 25.1 Å². The Labute approximate surface area is 129 Å². The quantitative estimate of drug-likeness (QED) is 0.820. The molecule has 4 heteroatoms. The molecule has 0 aliphatic carbocycles. The highest BCUT2D eigenvalue weighted by Crippen LogP contribution is 2.29. The van der Waals surface area contributed by atoms with E-state index in [2.05, 4.69) is 6.92 Å². The number of rotatable bonds is 2. The smallest absolute Gasteiger partial charge is 0.289 e. The van der Waals surface area contributed by atoms with E-state index in [4.69, 9.17) is 16.0 Å². The normalized spacial score (nSPS) is 18.8. The fourth-order valence-corrected chi connectivity index (χ4v) is 3.02. The highest BCUT2D eigenvalue weighted by Gasteiger charge is 2.24. The van der Waals surface area contributed by atoms with Gasteiger partial charge in [0.15, 0.2) is 5.76 Å². The van der Waals surface area contributed by atoms with Crippen molar-refractivity contribution >= 4 is 17.5 Å². The summed E-state index contributed by atoms with van der Waals surface area (Å²) in [4.78, 5) is 14.4. The molecule has 1 fully saturated rings. The van der Waals surface area contributed by atoms with Crippen molar-refractivity contribution in [2.45, 2.75) is 19.8 Å². The van der Waals surface area contributed by atoms with Crippen molar-refractivity contribution in [1.82, 2.24) is 4.90 Å². The first kappa shape index (κ1) is 14.2. The van der Waals surface area contributed by atoms with Gasteiger partial charge in [-0.15, -0.1) is 0 Å². The molecular formula is C17H18ClNO2. The molecule has 0 spiro atoms. The van der Waals surface area contributed by atoms with Gasteiger partial charge in [0, 0.05) is 18.7 Å². The first-order valence-corrected chi connectivity index (χ1v) is 7.67. The minimum Gasteiger partial charge on any atom is -0.451 e. The number of likely N-dealkylation sites (tertiary alicyclic amines) is 1. The highest BCUT2D eigenvalue weighted by atomic mass is 35.5. The van der Waals surface area contributed by atoms with Crippen molar-refractivity contribution in [3.63, 3.8) is 0 Å². The van der Waals surface area contributed by atoms with E-state index in [1.165, 1.54) is 6.42 Å². The molecule has 1 aromatic carbocycles. The number of carbonyl (C=O) groups is 1. The second kappa shape index (κ2) is 5.94. The lowest BCUT2D eigenvalue weighted by atomic mass is 10.0. The zero-order valence-electron chi connectivity index (χ0n) is 12.0. The van der Waals surface area contributed by atoms with Crippen molar-refractivity contribution in [2.75, 3.05) is 13.1 Å². The Balaban J connectivity index is 1.82. The van der Waals surface area contributed by atoms with Crippen molar-refractivity contribution in [3.8, 4) is 11.3 Å². The lowest BCUT2D eigenvalue weighted by molar-refractivity contribution is 0.0652. The third kappa shape index (κ3) is 2.98. The molecule has 3 nitrogen and oxygen atoms in total. The number of hydrogen-bond acceptors (Lipinski definition) is 2. The molecule has 1 saturated heterocycles. The lowest BCUT2D eigenvalue weighted by Crippen LogP contribution is -2.38. The number of hydrogen-bond donors (Lipinski definition) is 0. The summed E-state index contributed by atoms with van der Waals surface area (Å²) in [6.45, 7) is 3.79. The minimum absolute atomic E-state index is 0.0279. The molecule has 0 bridgehead atoms. The van der Waals surface area contributed by atoms with Crippen molar-refractivity contribution in [2.24, 2.45) is 5.92 Å². The number of carbonyl (C=O) groups excluding carboxylic acids is 1. The third-order valence-electron chi connectivity index (χ3n) is 3.90. The maximum absolute atomic E-state index is 12.5. The van der Waals surface area contributed by atoms with Crippen LogP contribution in [0.1, 0.15) is 30.3 Å². The van der Waals surface area contributed by atoms with Crippen molar-refractivity contribution < 1.29 is 9.21 Å². The highest BCUT2D eigenvalue weighted by molar-refractivity contribution is 6.33. The molecule has 110 valence electrons. The van der Waals surface area contributed by atoms with Crippen LogP contribution in [0, 0.1) is 5.92 Å². The summed E-state index contributed by atoms with van der Waals surface area (Å²) >= 11 is 6.16. The van der Waals surface area contributed by atoms with Crippen LogP contribution >= 0.6 is 11.6 Å². The number of nitrogens with zero attached hydrogens (tertiary/aromatic N) is 1. The van der Waals surface area contributed by atoms with Gasteiger partial charge in [0.05, 0.1) is 5.02 Å². The molecule has 0 unspecified atom stereocenters. The Hall–Kier alpha value is -1.74. The molecule has 0 saturated carbocycles. The van der Waals surface area contributed by atoms with Crippen LogP contribution in [0.3, 0.4) is 0 Å². The number of piperidine rings is 1. The predicted octanol–water partition coefficient (Wildman–Crippen LogP) is 4.47. The largest absolute Gasteiger partial charge is 0.451 e. The van der Waals surface area contributed by atoms with Gasteiger partial charge in [-0.25, -0.2) is 0 Å². The van der Waals surface area contributed by atoms with Crippen LogP contribution in [0.4, 0.5) is 0 Å². The Morgan fingerprint density at radius 3 is 2.86 bits per heavy atom. The zero-order valence-corrected chi connectivity index (χ0v) is 12.8. The lowest BCUT2D eigenvalue weighted by Gasteiger charge is -2.30. The van der Waals surface area contributed by atoms with E-state index in [9.17, 15) is 4.79 Å². The van der Waals surface area contributed by atoms with E-state index in [1.807, 2.05) is 35.2 Å². The molecule has 21 heavy (non-hydrogen) atoms. The van der Waals surface area contributed by atoms with Crippen LogP contribution < -0.4 is 0 Å². The van der Waals surface area contributed by atoms with Gasteiger partial charge >= 0.3 is 0 Å². The molecule has 0 radical (unpaired) electrons. The van der Waals surface area contributed by atoms with Gasteiger partial charge in [-0.05, 0) is 43.0 Å². The van der Waals surface area contributed by atoms with E-state index < -0.39 is 0 Å². The van der Waals surface area contributed by atoms with Gasteiger partial charge in [0.1, 0.15) is 5.76 Å². The second-order valence-electron chi connectivity index (χ2n) is 5.64. The third-order valence-corrected chi connectivity index (χ3v) is 4.23. The van der Waals surface area contributed by atoms with Gasteiger partial charge < -0.3 is 9.32 Å². The second-order valence-corrected chi connectivity index (χ2v) is 6.05. The maximum Gasteiger partial charge on any atom is 0.289 e. The van der Waals surface area contributed by atoms with Crippen LogP contribution in [0.5, 0.6) is 0 Å². The molecule has 3 rings (SSSR count). The summed E-state index contributed by atoms with van der Waals surface area (Å²) < 4.78 is 5.73. The Morgan fingerprint density at radius 2 is 2.10 bits per heavy atom. The van der Waals surface area contributed by atoms with Gasteiger partial charge in [-0.1, -0.05) is 30.7 Å². The average molecular weight is 304 g/mol. The van der Waals surface area contributed by atoms with E-state index in [0.29, 0.717) is 22.5 Å². The maximum atomic E-state index is 12.5. The van der Waals surface area contributed by atoms with Crippen LogP contribution in [0.25, 0.3) is 11.3 Å². The van der Waals surface area contributed by atoms with Crippen molar-refractivity contribution in [3.05, 3.63) is 47.2 Å². The summed E-state index contributed by atoms with van der Waals surface area (Å²) in [5.41, 5.74) is 0.810.